The Morgan fingerprint density at radius 3 is 2.90 bits per heavy atom. The van der Waals surface area contributed by atoms with Crippen LogP contribution in [0.15, 0.2) is 0 Å². The Hall–Kier alpha value is -0.0200. The number of hydrogen-bond donors (Lipinski definition) is 0. The van der Waals surface area contributed by atoms with Gasteiger partial charge in [-0.25, -0.2) is 0 Å². The summed E-state index contributed by atoms with van der Waals surface area (Å²) in [4.78, 5) is 13.0. The zero-order valence-electron chi connectivity index (χ0n) is 6.46. The molecule has 10 heavy (non-hydrogen) atoms. The van der Waals surface area contributed by atoms with Crippen LogP contribution in [0.3, 0.4) is 0 Å². The summed E-state index contributed by atoms with van der Waals surface area (Å²) in [6.45, 7) is 1.66. The molecule has 1 aliphatic heterocycles. The van der Waals surface area contributed by atoms with Gasteiger partial charge in [-0.3, -0.25) is 9.69 Å². The second-order valence-corrected chi connectivity index (χ2v) is 3.82. The van der Waals surface area contributed by atoms with Gasteiger partial charge in [-0.15, -0.1) is 11.8 Å². The minimum atomic E-state index is 0.305. The first-order chi connectivity index (χ1) is 4.70. The third-order valence-electron chi connectivity index (χ3n) is 1.75. The van der Waals surface area contributed by atoms with E-state index >= 15 is 0 Å². The summed E-state index contributed by atoms with van der Waals surface area (Å²) in [5.74, 6) is 2.51. The summed E-state index contributed by atoms with van der Waals surface area (Å²) in [7, 11) is 2.08. The van der Waals surface area contributed by atoms with Gasteiger partial charge in [0.15, 0.2) is 0 Å². The average Bonchev–Trinajstić information content (AvgIpc) is 2.15. The number of ketones is 1. The maximum atomic E-state index is 10.7. The Bertz CT molecular complexity index is 138. The molecule has 0 aromatic carbocycles. The van der Waals surface area contributed by atoms with Crippen LogP contribution in [-0.4, -0.2) is 35.4 Å². The number of Topliss-reactive ketones (excluding diaryl/α,β-unsaturated/α-hetero) is 1. The number of carbonyl (C=O) groups excluding carboxylic acids is 1. The van der Waals surface area contributed by atoms with Crippen LogP contribution >= 0.6 is 11.8 Å². The van der Waals surface area contributed by atoms with Crippen molar-refractivity contribution in [1.29, 1.82) is 0 Å². The predicted molar refractivity (Wildman–Crippen MR) is 44.2 cm³/mol. The van der Waals surface area contributed by atoms with E-state index in [2.05, 4.69) is 11.9 Å². The van der Waals surface area contributed by atoms with Gasteiger partial charge in [0.05, 0.1) is 0 Å². The molecule has 2 nitrogen and oxygen atoms in total. The molecule has 1 fully saturated rings. The molecule has 1 aliphatic rings. The molecule has 1 saturated heterocycles. The van der Waals surface area contributed by atoms with Gasteiger partial charge < -0.3 is 0 Å². The summed E-state index contributed by atoms with van der Waals surface area (Å²) in [6, 6.07) is 0.502. The number of hydrogen-bond acceptors (Lipinski definition) is 3. The summed E-state index contributed by atoms with van der Waals surface area (Å²) >= 11 is 1.91. The van der Waals surface area contributed by atoms with Crippen LogP contribution in [-0.2, 0) is 4.79 Å². The van der Waals surface area contributed by atoms with Crippen molar-refractivity contribution in [3.63, 3.8) is 0 Å². The van der Waals surface area contributed by atoms with Gasteiger partial charge in [0.2, 0.25) is 0 Å². The van der Waals surface area contributed by atoms with E-state index < -0.39 is 0 Å². The Kier molecular flexibility index (Phi) is 2.74. The van der Waals surface area contributed by atoms with Crippen LogP contribution in [0.5, 0.6) is 0 Å². The largest absolute Gasteiger partial charge is 0.300 e. The molecule has 0 aliphatic carbocycles. The maximum Gasteiger partial charge on any atom is 0.131 e. The van der Waals surface area contributed by atoms with Crippen molar-refractivity contribution in [2.75, 3.05) is 18.7 Å². The standard InChI is InChI=1S/C7H13NOS/c1-6(9)3-7-4-10-5-8(7)2/h7H,3-5H2,1-2H3. The number of carbonyl (C=O) groups is 1. The van der Waals surface area contributed by atoms with Crippen LogP contribution < -0.4 is 0 Å². The molecule has 0 amide bonds. The molecule has 0 aromatic heterocycles. The van der Waals surface area contributed by atoms with E-state index in [9.17, 15) is 4.79 Å². The summed E-state index contributed by atoms with van der Waals surface area (Å²) in [6.07, 6.45) is 0.726. The van der Waals surface area contributed by atoms with Crippen LogP contribution in [0.4, 0.5) is 0 Å². The van der Waals surface area contributed by atoms with Crippen LogP contribution in [0.1, 0.15) is 13.3 Å². The lowest BCUT2D eigenvalue weighted by Gasteiger charge is -2.15. The molecule has 3 heteroatoms. The van der Waals surface area contributed by atoms with Gasteiger partial charge >= 0.3 is 0 Å². The number of rotatable bonds is 2. The van der Waals surface area contributed by atoms with E-state index in [0.717, 1.165) is 18.1 Å². The second-order valence-electron chi connectivity index (χ2n) is 2.82. The molecule has 58 valence electrons. The fourth-order valence-electron chi connectivity index (χ4n) is 1.11. The van der Waals surface area contributed by atoms with Gasteiger partial charge in [0.25, 0.3) is 0 Å². The van der Waals surface area contributed by atoms with Crippen LogP contribution in [0.2, 0.25) is 0 Å². The second kappa shape index (κ2) is 3.39. The maximum absolute atomic E-state index is 10.7. The Morgan fingerprint density at radius 1 is 1.80 bits per heavy atom. The normalized spacial score (nSPS) is 27.2. The zero-order chi connectivity index (χ0) is 7.56. The van der Waals surface area contributed by atoms with Crippen LogP contribution in [0.25, 0.3) is 0 Å². The fraction of sp³-hybridized carbons (Fsp3) is 0.857. The highest BCUT2D eigenvalue weighted by Gasteiger charge is 2.21. The van der Waals surface area contributed by atoms with Gasteiger partial charge in [0, 0.05) is 24.1 Å². The van der Waals surface area contributed by atoms with Gasteiger partial charge in [-0.2, -0.15) is 0 Å². The van der Waals surface area contributed by atoms with Crippen LogP contribution in [0, 0.1) is 0 Å². The van der Waals surface area contributed by atoms with Crippen molar-refractivity contribution in [3.8, 4) is 0 Å². The minimum Gasteiger partial charge on any atom is -0.300 e. The number of thioether (sulfide) groups is 1. The van der Waals surface area contributed by atoms with Crippen molar-refractivity contribution >= 4 is 17.5 Å². The van der Waals surface area contributed by atoms with E-state index in [4.69, 9.17) is 0 Å². The van der Waals surface area contributed by atoms with Crippen molar-refractivity contribution in [3.05, 3.63) is 0 Å². The Balaban J connectivity index is 2.33. The monoisotopic (exact) mass is 159 g/mol. The highest BCUT2D eigenvalue weighted by Crippen LogP contribution is 2.20. The van der Waals surface area contributed by atoms with Crippen molar-refractivity contribution in [1.82, 2.24) is 4.90 Å². The Morgan fingerprint density at radius 2 is 2.50 bits per heavy atom. The minimum absolute atomic E-state index is 0.305. The molecule has 0 saturated carbocycles. The van der Waals surface area contributed by atoms with Crippen molar-refractivity contribution in [2.24, 2.45) is 0 Å². The SMILES string of the molecule is CC(=O)CC1CSCN1C. The highest BCUT2D eigenvalue weighted by molar-refractivity contribution is 7.99. The molecule has 0 N–H and O–H groups in total. The molecule has 1 unspecified atom stereocenters. The lowest BCUT2D eigenvalue weighted by atomic mass is 10.2. The molecule has 0 spiro atoms. The fourth-order valence-corrected chi connectivity index (χ4v) is 2.36. The molecule has 1 atom stereocenters. The quantitative estimate of drug-likeness (QED) is 0.599. The summed E-state index contributed by atoms with van der Waals surface area (Å²) in [5.41, 5.74) is 0. The predicted octanol–water partition coefficient (Wildman–Crippen LogP) is 0.970. The Labute approximate surface area is 66.0 Å². The molecule has 1 heterocycles. The lowest BCUT2D eigenvalue weighted by molar-refractivity contribution is -0.117. The first kappa shape index (κ1) is 8.08. The highest BCUT2D eigenvalue weighted by atomic mass is 32.2. The lowest BCUT2D eigenvalue weighted by Crippen LogP contribution is -2.28. The molecule has 0 aromatic rings. The molecule has 0 radical (unpaired) electrons. The van der Waals surface area contributed by atoms with Crippen molar-refractivity contribution < 1.29 is 4.79 Å². The third kappa shape index (κ3) is 1.99. The number of nitrogens with zero attached hydrogens (tertiary/aromatic N) is 1. The third-order valence-corrected chi connectivity index (χ3v) is 2.96. The van der Waals surface area contributed by atoms with E-state index in [1.807, 2.05) is 11.8 Å². The van der Waals surface area contributed by atoms with Crippen molar-refractivity contribution in [2.45, 2.75) is 19.4 Å². The van der Waals surface area contributed by atoms with E-state index in [-0.39, 0.29) is 0 Å². The topological polar surface area (TPSA) is 20.3 Å². The molecule has 1 rings (SSSR count). The summed E-state index contributed by atoms with van der Waals surface area (Å²) in [5, 5.41) is 0. The first-order valence-electron chi connectivity index (χ1n) is 3.47. The van der Waals surface area contributed by atoms with Gasteiger partial charge in [0.1, 0.15) is 5.78 Å². The van der Waals surface area contributed by atoms with E-state index in [1.54, 1.807) is 6.92 Å². The first-order valence-corrected chi connectivity index (χ1v) is 4.63. The van der Waals surface area contributed by atoms with Gasteiger partial charge in [-0.05, 0) is 14.0 Å². The molecular weight excluding hydrogens is 146 g/mol. The average molecular weight is 159 g/mol. The summed E-state index contributed by atoms with van der Waals surface area (Å²) < 4.78 is 0. The van der Waals surface area contributed by atoms with E-state index in [1.165, 1.54) is 0 Å². The molecular formula is C7H13NOS. The van der Waals surface area contributed by atoms with Gasteiger partial charge in [-0.1, -0.05) is 0 Å². The van der Waals surface area contributed by atoms with E-state index in [0.29, 0.717) is 11.8 Å². The smallest absolute Gasteiger partial charge is 0.131 e. The zero-order valence-corrected chi connectivity index (χ0v) is 7.28. The molecule has 0 bridgehead atoms.